The van der Waals surface area contributed by atoms with Gasteiger partial charge in [0.1, 0.15) is 0 Å². The molecular formula is C12H13ClN2O. The molecule has 1 heterocycles. The summed E-state index contributed by atoms with van der Waals surface area (Å²) in [7, 11) is 0. The van der Waals surface area contributed by atoms with Crippen LogP contribution in [0.3, 0.4) is 0 Å². The molecule has 3 nitrogen and oxygen atoms in total. The lowest BCUT2D eigenvalue weighted by Gasteiger charge is -2.07. The van der Waals surface area contributed by atoms with Gasteiger partial charge < -0.3 is 10.6 Å². The van der Waals surface area contributed by atoms with Crippen molar-refractivity contribution >= 4 is 17.5 Å². The highest BCUT2D eigenvalue weighted by Crippen LogP contribution is 2.41. The van der Waals surface area contributed by atoms with E-state index in [1.54, 1.807) is 24.3 Å². The Morgan fingerprint density at radius 3 is 2.50 bits per heavy atom. The number of halogens is 1. The molecule has 1 saturated carbocycles. The van der Waals surface area contributed by atoms with E-state index in [0.29, 0.717) is 28.5 Å². The fourth-order valence-corrected chi connectivity index (χ4v) is 2.59. The molecule has 2 fully saturated rings. The molecule has 1 aliphatic heterocycles. The van der Waals surface area contributed by atoms with E-state index in [-0.39, 0.29) is 5.91 Å². The molecule has 0 radical (unpaired) electrons. The van der Waals surface area contributed by atoms with Crippen LogP contribution in [-0.4, -0.2) is 25.0 Å². The van der Waals surface area contributed by atoms with Crippen molar-refractivity contribution < 1.29 is 4.79 Å². The van der Waals surface area contributed by atoms with E-state index >= 15 is 0 Å². The van der Waals surface area contributed by atoms with Crippen molar-refractivity contribution in [1.82, 2.24) is 10.6 Å². The molecule has 1 saturated heterocycles. The van der Waals surface area contributed by atoms with E-state index in [2.05, 4.69) is 10.6 Å². The fraction of sp³-hybridized carbons (Fsp3) is 0.417. The summed E-state index contributed by atoms with van der Waals surface area (Å²) in [6.07, 6.45) is 0. The topological polar surface area (TPSA) is 41.1 Å². The molecule has 16 heavy (non-hydrogen) atoms. The summed E-state index contributed by atoms with van der Waals surface area (Å²) in [4.78, 5) is 11.9. The molecule has 2 atom stereocenters. The molecule has 0 spiro atoms. The van der Waals surface area contributed by atoms with Gasteiger partial charge in [0.2, 0.25) is 0 Å². The summed E-state index contributed by atoms with van der Waals surface area (Å²) >= 11 is 5.77. The molecule has 2 unspecified atom stereocenters. The van der Waals surface area contributed by atoms with Gasteiger partial charge >= 0.3 is 0 Å². The van der Waals surface area contributed by atoms with Gasteiger partial charge in [0.05, 0.1) is 0 Å². The Morgan fingerprint density at radius 2 is 1.88 bits per heavy atom. The van der Waals surface area contributed by atoms with Gasteiger partial charge in [0, 0.05) is 29.7 Å². The summed E-state index contributed by atoms with van der Waals surface area (Å²) < 4.78 is 0. The number of hydrogen-bond donors (Lipinski definition) is 2. The smallest absolute Gasteiger partial charge is 0.251 e. The molecule has 0 aromatic heterocycles. The summed E-state index contributed by atoms with van der Waals surface area (Å²) in [5.41, 5.74) is 0.683. The molecule has 0 bridgehead atoms. The van der Waals surface area contributed by atoms with Gasteiger partial charge in [0.15, 0.2) is 0 Å². The number of carbonyl (C=O) groups excluding carboxylic acids is 1. The van der Waals surface area contributed by atoms with Crippen LogP contribution in [-0.2, 0) is 0 Å². The number of benzene rings is 1. The maximum Gasteiger partial charge on any atom is 0.251 e. The van der Waals surface area contributed by atoms with Gasteiger partial charge in [-0.3, -0.25) is 4.79 Å². The Hall–Kier alpha value is -1.06. The van der Waals surface area contributed by atoms with Gasteiger partial charge in [-0.05, 0) is 36.1 Å². The lowest BCUT2D eigenvalue weighted by atomic mass is 10.2. The number of carbonyl (C=O) groups is 1. The summed E-state index contributed by atoms with van der Waals surface area (Å²) in [6, 6.07) is 7.38. The number of piperidine rings is 1. The van der Waals surface area contributed by atoms with Gasteiger partial charge in [-0.2, -0.15) is 0 Å². The van der Waals surface area contributed by atoms with Crippen LogP contribution in [0, 0.1) is 11.8 Å². The second kappa shape index (κ2) is 3.75. The largest absolute Gasteiger partial charge is 0.349 e. The monoisotopic (exact) mass is 236 g/mol. The molecular weight excluding hydrogens is 224 g/mol. The number of rotatable bonds is 2. The molecule has 1 aliphatic carbocycles. The van der Waals surface area contributed by atoms with Crippen molar-refractivity contribution in [2.75, 3.05) is 13.1 Å². The zero-order valence-electron chi connectivity index (χ0n) is 8.74. The van der Waals surface area contributed by atoms with Crippen LogP contribution >= 0.6 is 11.6 Å². The van der Waals surface area contributed by atoms with Crippen LogP contribution in [0.15, 0.2) is 24.3 Å². The van der Waals surface area contributed by atoms with Crippen LogP contribution in [0.1, 0.15) is 10.4 Å². The Balaban J connectivity index is 1.63. The van der Waals surface area contributed by atoms with Gasteiger partial charge in [-0.1, -0.05) is 11.6 Å². The second-order valence-corrected chi connectivity index (χ2v) is 4.93. The van der Waals surface area contributed by atoms with Crippen molar-refractivity contribution in [3.8, 4) is 0 Å². The Morgan fingerprint density at radius 1 is 1.25 bits per heavy atom. The van der Waals surface area contributed by atoms with Crippen LogP contribution in [0.25, 0.3) is 0 Å². The minimum absolute atomic E-state index is 0.0102. The summed E-state index contributed by atoms with van der Waals surface area (Å²) in [6.45, 7) is 2.08. The molecule has 2 aliphatic rings. The van der Waals surface area contributed by atoms with Crippen molar-refractivity contribution in [3.63, 3.8) is 0 Å². The Kier molecular flexibility index (Phi) is 2.37. The number of amides is 1. The van der Waals surface area contributed by atoms with Crippen molar-refractivity contribution in [2.24, 2.45) is 11.8 Å². The first-order valence-electron chi connectivity index (χ1n) is 5.53. The molecule has 1 aromatic carbocycles. The maximum absolute atomic E-state index is 11.9. The van der Waals surface area contributed by atoms with E-state index in [1.165, 1.54) is 0 Å². The van der Waals surface area contributed by atoms with Crippen LogP contribution in [0.2, 0.25) is 5.02 Å². The highest BCUT2D eigenvalue weighted by atomic mass is 35.5. The standard InChI is InChI=1S/C12H13ClN2O/c13-8-3-1-7(2-4-8)12(16)15-11-9-5-14-6-10(9)11/h1-4,9-11,14H,5-6H2,(H,15,16). The molecule has 2 N–H and O–H groups in total. The highest BCUT2D eigenvalue weighted by molar-refractivity contribution is 6.30. The molecule has 1 aromatic rings. The molecule has 84 valence electrons. The minimum atomic E-state index is 0.0102. The van der Waals surface area contributed by atoms with Crippen LogP contribution in [0.4, 0.5) is 0 Å². The van der Waals surface area contributed by atoms with Crippen LogP contribution < -0.4 is 10.6 Å². The SMILES string of the molecule is O=C(NC1C2CNCC21)c1ccc(Cl)cc1. The van der Waals surface area contributed by atoms with Crippen molar-refractivity contribution in [2.45, 2.75) is 6.04 Å². The van der Waals surface area contributed by atoms with Gasteiger partial charge in [-0.25, -0.2) is 0 Å². The Labute approximate surface area is 99.2 Å². The summed E-state index contributed by atoms with van der Waals surface area (Å²) in [5, 5.41) is 7.03. The maximum atomic E-state index is 11.9. The molecule has 3 rings (SSSR count). The Bertz CT molecular complexity index is 408. The number of hydrogen-bond acceptors (Lipinski definition) is 2. The second-order valence-electron chi connectivity index (χ2n) is 4.49. The highest BCUT2D eigenvalue weighted by Gasteiger charge is 2.53. The summed E-state index contributed by atoms with van der Waals surface area (Å²) in [5.74, 6) is 1.31. The first kappa shape index (κ1) is 10.1. The first-order valence-corrected chi connectivity index (χ1v) is 5.90. The third kappa shape index (κ3) is 1.70. The van der Waals surface area contributed by atoms with E-state index in [0.717, 1.165) is 13.1 Å². The van der Waals surface area contributed by atoms with E-state index in [4.69, 9.17) is 11.6 Å². The zero-order chi connectivity index (χ0) is 11.1. The average Bonchev–Trinajstić information content (AvgIpc) is 2.75. The molecule has 1 amide bonds. The van der Waals surface area contributed by atoms with Gasteiger partial charge in [0.25, 0.3) is 5.91 Å². The minimum Gasteiger partial charge on any atom is -0.349 e. The predicted molar refractivity (Wildman–Crippen MR) is 62.6 cm³/mol. The first-order chi connectivity index (χ1) is 7.75. The zero-order valence-corrected chi connectivity index (χ0v) is 9.50. The fourth-order valence-electron chi connectivity index (χ4n) is 2.47. The average molecular weight is 237 g/mol. The van der Waals surface area contributed by atoms with Gasteiger partial charge in [-0.15, -0.1) is 0 Å². The third-order valence-corrected chi connectivity index (χ3v) is 3.75. The molecule has 4 heteroatoms. The van der Waals surface area contributed by atoms with Crippen molar-refractivity contribution in [3.05, 3.63) is 34.9 Å². The number of nitrogens with one attached hydrogen (secondary N) is 2. The van der Waals surface area contributed by atoms with Crippen molar-refractivity contribution in [1.29, 1.82) is 0 Å². The van der Waals surface area contributed by atoms with Crippen LogP contribution in [0.5, 0.6) is 0 Å². The lowest BCUT2D eigenvalue weighted by Crippen LogP contribution is -2.32. The van der Waals surface area contributed by atoms with E-state index in [1.807, 2.05) is 0 Å². The normalized spacial score (nSPS) is 30.9. The van der Waals surface area contributed by atoms with E-state index in [9.17, 15) is 4.79 Å². The lowest BCUT2D eigenvalue weighted by molar-refractivity contribution is 0.0946. The van der Waals surface area contributed by atoms with E-state index < -0.39 is 0 Å². The third-order valence-electron chi connectivity index (χ3n) is 3.50. The predicted octanol–water partition coefficient (Wildman–Crippen LogP) is 1.29. The quantitative estimate of drug-likeness (QED) is 0.813. The number of fused-ring (bicyclic) bond motifs is 1.